The number of rotatable bonds is 1. The van der Waals surface area contributed by atoms with Crippen molar-refractivity contribution >= 4 is 34.8 Å². The zero-order chi connectivity index (χ0) is 10.0. The van der Waals surface area contributed by atoms with Crippen LogP contribution in [0.1, 0.15) is 12.6 Å². The highest BCUT2D eigenvalue weighted by Crippen LogP contribution is 2.26. The monoisotopic (exact) mass is 218 g/mol. The van der Waals surface area contributed by atoms with E-state index in [1.165, 1.54) is 13.0 Å². The molecule has 0 radical (unpaired) electrons. The third-order valence-corrected chi connectivity index (χ3v) is 2.07. The first kappa shape index (κ1) is 10.3. The highest BCUT2D eigenvalue weighted by molar-refractivity contribution is 6.35. The number of nitrogens with one attached hydrogen (secondary N) is 1. The summed E-state index contributed by atoms with van der Waals surface area (Å²) in [4.78, 5) is 14.7. The number of pyridine rings is 1. The molecule has 1 heterocycles. The second-order valence-electron chi connectivity index (χ2n) is 2.57. The van der Waals surface area contributed by atoms with Crippen LogP contribution in [0.25, 0.3) is 0 Å². The minimum atomic E-state index is -0.191. The highest BCUT2D eigenvalue weighted by atomic mass is 35.5. The maximum absolute atomic E-state index is 10.8. The summed E-state index contributed by atoms with van der Waals surface area (Å²) < 4.78 is 0. The molecule has 0 unspecified atom stereocenters. The Bertz CT molecular complexity index is 352. The Hall–Kier alpha value is -0.800. The molecule has 0 spiro atoms. The van der Waals surface area contributed by atoms with Crippen molar-refractivity contribution in [2.24, 2.45) is 0 Å². The van der Waals surface area contributed by atoms with E-state index in [0.717, 1.165) is 0 Å². The number of amides is 1. The zero-order valence-corrected chi connectivity index (χ0v) is 8.70. The van der Waals surface area contributed by atoms with Crippen LogP contribution in [0.2, 0.25) is 10.2 Å². The maximum Gasteiger partial charge on any atom is 0.221 e. The molecule has 0 bridgehead atoms. The second-order valence-corrected chi connectivity index (χ2v) is 3.34. The Morgan fingerprint density at radius 3 is 2.69 bits per heavy atom. The zero-order valence-electron chi connectivity index (χ0n) is 7.19. The molecule has 1 amide bonds. The van der Waals surface area contributed by atoms with E-state index in [-0.39, 0.29) is 5.91 Å². The summed E-state index contributed by atoms with van der Waals surface area (Å²) in [5, 5.41) is 3.29. The van der Waals surface area contributed by atoms with Crippen molar-refractivity contribution in [1.82, 2.24) is 4.98 Å². The quantitative estimate of drug-likeness (QED) is 0.737. The third-order valence-electron chi connectivity index (χ3n) is 1.40. The summed E-state index contributed by atoms with van der Waals surface area (Å²) in [6, 6.07) is 1.51. The van der Waals surface area contributed by atoms with Crippen molar-refractivity contribution in [1.29, 1.82) is 0 Å². The lowest BCUT2D eigenvalue weighted by Gasteiger charge is -2.06. The van der Waals surface area contributed by atoms with Gasteiger partial charge in [-0.1, -0.05) is 23.2 Å². The van der Waals surface area contributed by atoms with Gasteiger partial charge in [-0.3, -0.25) is 4.79 Å². The predicted molar refractivity (Wildman–Crippen MR) is 53.3 cm³/mol. The maximum atomic E-state index is 10.8. The van der Waals surface area contributed by atoms with Gasteiger partial charge in [-0.05, 0) is 6.92 Å². The minimum Gasteiger partial charge on any atom is -0.325 e. The fourth-order valence-electron chi connectivity index (χ4n) is 0.900. The molecular formula is C8H8Cl2N2O. The molecule has 0 saturated heterocycles. The molecule has 0 aliphatic carbocycles. The van der Waals surface area contributed by atoms with Crippen molar-refractivity contribution in [3.63, 3.8) is 0 Å². The second kappa shape index (κ2) is 3.94. The van der Waals surface area contributed by atoms with Crippen molar-refractivity contribution < 1.29 is 4.79 Å². The number of halogens is 2. The van der Waals surface area contributed by atoms with Crippen LogP contribution in [0.5, 0.6) is 0 Å². The van der Waals surface area contributed by atoms with Crippen LogP contribution in [0.15, 0.2) is 6.07 Å². The molecule has 0 saturated carbocycles. The van der Waals surface area contributed by atoms with Crippen LogP contribution in [0.4, 0.5) is 5.69 Å². The third kappa shape index (κ3) is 2.57. The van der Waals surface area contributed by atoms with Gasteiger partial charge in [-0.2, -0.15) is 0 Å². The SMILES string of the molecule is CC(=O)Nc1cc(Cl)nc(C)c1Cl. The summed E-state index contributed by atoms with van der Waals surface area (Å²) >= 11 is 11.6. The summed E-state index contributed by atoms with van der Waals surface area (Å²) in [6.07, 6.45) is 0. The normalized spacial score (nSPS) is 9.85. The smallest absolute Gasteiger partial charge is 0.221 e. The molecule has 0 fully saturated rings. The fraction of sp³-hybridized carbons (Fsp3) is 0.250. The Labute approximate surface area is 86.1 Å². The molecule has 1 aromatic heterocycles. The summed E-state index contributed by atoms with van der Waals surface area (Å²) in [7, 11) is 0. The van der Waals surface area contributed by atoms with Crippen LogP contribution in [-0.2, 0) is 4.79 Å². The molecule has 1 aromatic rings. The van der Waals surface area contributed by atoms with E-state index in [4.69, 9.17) is 23.2 Å². The number of anilines is 1. The molecule has 5 heteroatoms. The molecule has 1 rings (SSSR count). The summed E-state index contributed by atoms with van der Waals surface area (Å²) in [6.45, 7) is 3.12. The topological polar surface area (TPSA) is 42.0 Å². The van der Waals surface area contributed by atoms with E-state index in [9.17, 15) is 4.79 Å². The van der Waals surface area contributed by atoms with Gasteiger partial charge in [0, 0.05) is 13.0 Å². The minimum absolute atomic E-state index is 0.191. The number of aromatic nitrogens is 1. The van der Waals surface area contributed by atoms with Crippen molar-refractivity contribution in [2.75, 3.05) is 5.32 Å². The number of carbonyl (C=O) groups excluding carboxylic acids is 1. The van der Waals surface area contributed by atoms with Crippen LogP contribution < -0.4 is 5.32 Å². The van der Waals surface area contributed by atoms with E-state index < -0.39 is 0 Å². The van der Waals surface area contributed by atoms with Gasteiger partial charge in [0.2, 0.25) is 5.91 Å². The first-order valence-corrected chi connectivity index (χ1v) is 4.36. The van der Waals surface area contributed by atoms with E-state index >= 15 is 0 Å². The Morgan fingerprint density at radius 1 is 1.54 bits per heavy atom. The van der Waals surface area contributed by atoms with E-state index in [1.807, 2.05) is 0 Å². The van der Waals surface area contributed by atoms with Gasteiger partial charge in [0.15, 0.2) is 0 Å². The van der Waals surface area contributed by atoms with Gasteiger partial charge >= 0.3 is 0 Å². The van der Waals surface area contributed by atoms with Gasteiger partial charge in [-0.15, -0.1) is 0 Å². The number of nitrogens with zero attached hydrogens (tertiary/aromatic N) is 1. The first-order chi connectivity index (χ1) is 6.00. The number of aryl methyl sites for hydroxylation is 1. The van der Waals surface area contributed by atoms with Gasteiger partial charge in [0.25, 0.3) is 0 Å². The average molecular weight is 219 g/mol. The number of carbonyl (C=O) groups is 1. The lowest BCUT2D eigenvalue weighted by Crippen LogP contribution is -2.07. The van der Waals surface area contributed by atoms with E-state index in [2.05, 4.69) is 10.3 Å². The van der Waals surface area contributed by atoms with Gasteiger partial charge in [0.05, 0.1) is 16.4 Å². The van der Waals surface area contributed by atoms with Crippen molar-refractivity contribution in [3.05, 3.63) is 21.9 Å². The molecular weight excluding hydrogens is 211 g/mol. The van der Waals surface area contributed by atoms with Gasteiger partial charge < -0.3 is 5.32 Å². The Morgan fingerprint density at radius 2 is 2.15 bits per heavy atom. The van der Waals surface area contributed by atoms with Crippen molar-refractivity contribution in [3.8, 4) is 0 Å². The Balaban J connectivity index is 3.12. The standard InChI is InChI=1S/C8H8Cl2N2O/c1-4-8(10)6(12-5(2)13)3-7(9)11-4/h3H,1-2H3,(H,11,12,13). The molecule has 0 aliphatic heterocycles. The van der Waals surface area contributed by atoms with Crippen LogP contribution in [0, 0.1) is 6.92 Å². The van der Waals surface area contributed by atoms with Gasteiger partial charge in [-0.25, -0.2) is 4.98 Å². The Kier molecular flexibility index (Phi) is 3.12. The largest absolute Gasteiger partial charge is 0.325 e. The van der Waals surface area contributed by atoms with Crippen LogP contribution in [0.3, 0.4) is 0 Å². The van der Waals surface area contributed by atoms with Gasteiger partial charge in [0.1, 0.15) is 5.15 Å². The molecule has 70 valence electrons. The highest BCUT2D eigenvalue weighted by Gasteiger charge is 2.07. The molecule has 0 atom stereocenters. The molecule has 3 nitrogen and oxygen atoms in total. The molecule has 0 aromatic carbocycles. The fourth-order valence-corrected chi connectivity index (χ4v) is 1.28. The first-order valence-electron chi connectivity index (χ1n) is 3.61. The number of hydrogen-bond acceptors (Lipinski definition) is 2. The van der Waals surface area contributed by atoms with E-state index in [0.29, 0.717) is 21.6 Å². The van der Waals surface area contributed by atoms with Crippen LogP contribution >= 0.6 is 23.2 Å². The van der Waals surface area contributed by atoms with Crippen LogP contribution in [-0.4, -0.2) is 10.9 Å². The molecule has 13 heavy (non-hydrogen) atoms. The average Bonchev–Trinajstić information content (AvgIpc) is 1.98. The lowest BCUT2D eigenvalue weighted by atomic mass is 10.3. The van der Waals surface area contributed by atoms with Crippen molar-refractivity contribution in [2.45, 2.75) is 13.8 Å². The summed E-state index contributed by atoms with van der Waals surface area (Å²) in [5.74, 6) is -0.191. The number of hydrogen-bond donors (Lipinski definition) is 1. The predicted octanol–water partition coefficient (Wildman–Crippen LogP) is 2.66. The lowest BCUT2D eigenvalue weighted by molar-refractivity contribution is -0.114. The van der Waals surface area contributed by atoms with E-state index in [1.54, 1.807) is 6.92 Å². The summed E-state index contributed by atoms with van der Waals surface area (Å²) in [5.41, 5.74) is 1.09. The molecule has 1 N–H and O–H groups in total. The molecule has 0 aliphatic rings.